The van der Waals surface area contributed by atoms with Crippen molar-refractivity contribution in [1.29, 1.82) is 0 Å². The quantitative estimate of drug-likeness (QED) is 0.349. The molecule has 0 spiro atoms. The van der Waals surface area contributed by atoms with Crippen LogP contribution in [0.4, 0.5) is 5.69 Å². The van der Waals surface area contributed by atoms with Gasteiger partial charge >= 0.3 is 0 Å². The van der Waals surface area contributed by atoms with Gasteiger partial charge in [0.25, 0.3) is 0 Å². The zero-order valence-electron chi connectivity index (χ0n) is 19.6. The van der Waals surface area contributed by atoms with E-state index in [-0.39, 0.29) is 29.1 Å². The van der Waals surface area contributed by atoms with Crippen LogP contribution >= 0.6 is 12.4 Å². The minimum Gasteiger partial charge on any atom is -0.326 e. The Bertz CT molecular complexity index is 1470. The Morgan fingerprint density at radius 3 is 2.50 bits per heavy atom. The lowest BCUT2D eigenvalue weighted by molar-refractivity contribution is -0.121. The number of H-pyrrole nitrogens is 1. The predicted molar refractivity (Wildman–Crippen MR) is 143 cm³/mol. The smallest absolute Gasteiger partial charge is 0.238 e. The van der Waals surface area contributed by atoms with Gasteiger partial charge in [-0.2, -0.15) is 5.10 Å². The minimum atomic E-state index is -3.83. The zero-order chi connectivity index (χ0) is 24.4. The van der Waals surface area contributed by atoms with Crippen LogP contribution in [0.5, 0.6) is 0 Å². The number of aromatic amines is 1. The molecule has 8 nitrogen and oxygen atoms in total. The number of carbonyl (C=O) groups is 1. The highest BCUT2D eigenvalue weighted by Crippen LogP contribution is 2.30. The van der Waals surface area contributed by atoms with Crippen LogP contribution in [0.2, 0.25) is 0 Å². The number of hydrogen-bond acceptors (Lipinski definition) is 5. The molecule has 2 heterocycles. The molecule has 0 unspecified atom stereocenters. The number of fused-ring (bicyclic) bond motifs is 1. The summed E-state index contributed by atoms with van der Waals surface area (Å²) in [6.07, 6.45) is 1.64. The van der Waals surface area contributed by atoms with Gasteiger partial charge in [0.1, 0.15) is 5.69 Å². The second-order valence-electron chi connectivity index (χ2n) is 8.93. The van der Waals surface area contributed by atoms with E-state index in [1.165, 1.54) is 17.7 Å². The number of likely N-dealkylation sites (tertiary alicyclic amines) is 1. The largest absolute Gasteiger partial charge is 0.326 e. The van der Waals surface area contributed by atoms with E-state index >= 15 is 0 Å². The molecule has 3 aromatic carbocycles. The fourth-order valence-corrected chi connectivity index (χ4v) is 5.13. The maximum atomic E-state index is 13.0. The summed E-state index contributed by atoms with van der Waals surface area (Å²) in [5, 5.41) is 16.5. The highest BCUT2D eigenvalue weighted by molar-refractivity contribution is 7.89. The van der Waals surface area contributed by atoms with E-state index in [2.05, 4.69) is 44.7 Å². The number of anilines is 1. The lowest BCUT2D eigenvalue weighted by Gasteiger charge is -2.31. The number of halogens is 1. The Morgan fingerprint density at radius 1 is 1.03 bits per heavy atom. The fraction of sp³-hybridized carbons (Fsp3) is 0.231. The number of carbonyl (C=O) groups excluding carboxylic acids is 1. The number of rotatable bonds is 6. The van der Waals surface area contributed by atoms with Crippen molar-refractivity contribution < 1.29 is 13.2 Å². The van der Waals surface area contributed by atoms with Crippen molar-refractivity contribution in [1.82, 2.24) is 15.1 Å². The van der Waals surface area contributed by atoms with E-state index in [1.807, 2.05) is 24.3 Å². The Hall–Kier alpha value is -3.24. The summed E-state index contributed by atoms with van der Waals surface area (Å²) in [7, 11) is -3.83. The standard InChI is InChI=1S/C26H27N5O3S.ClH/c27-35(33,34)22-8-4-7-20(15-22)25-23-16-21(9-10-24(23)29-30-25)28-26(32)19-11-13-31(14-12-19)17-18-5-2-1-3-6-18;/h1-10,15-16,19H,11-14,17H2,(H,28,32)(H,29,30)(H2,27,33,34);1H. The van der Waals surface area contributed by atoms with Crippen LogP contribution in [-0.2, 0) is 21.4 Å². The number of hydrogen-bond donors (Lipinski definition) is 3. The van der Waals surface area contributed by atoms with Crippen molar-refractivity contribution in [2.24, 2.45) is 11.1 Å². The molecule has 0 bridgehead atoms. The first-order valence-electron chi connectivity index (χ1n) is 11.6. The van der Waals surface area contributed by atoms with E-state index in [4.69, 9.17) is 5.14 Å². The van der Waals surface area contributed by atoms with E-state index < -0.39 is 10.0 Å². The maximum Gasteiger partial charge on any atom is 0.238 e. The molecule has 36 heavy (non-hydrogen) atoms. The first-order valence-corrected chi connectivity index (χ1v) is 13.1. The molecule has 4 N–H and O–H groups in total. The van der Waals surface area contributed by atoms with Crippen molar-refractivity contribution in [3.05, 3.63) is 78.4 Å². The normalized spacial score (nSPS) is 14.9. The SMILES string of the molecule is Cl.NS(=O)(=O)c1cccc(-c2n[nH]c3ccc(NC(=O)C4CCN(Cc5ccccc5)CC4)cc23)c1. The number of primary sulfonamides is 1. The second-order valence-corrected chi connectivity index (χ2v) is 10.5. The highest BCUT2D eigenvalue weighted by atomic mass is 35.5. The summed E-state index contributed by atoms with van der Waals surface area (Å²) in [5.41, 5.74) is 3.97. The molecule has 188 valence electrons. The fourth-order valence-electron chi connectivity index (χ4n) is 4.57. The number of aromatic nitrogens is 2. The van der Waals surface area contributed by atoms with Crippen LogP contribution < -0.4 is 10.5 Å². The van der Waals surface area contributed by atoms with Gasteiger partial charge in [-0.3, -0.25) is 14.8 Å². The Balaban J connectivity index is 0.00000304. The molecule has 1 aromatic heterocycles. The lowest BCUT2D eigenvalue weighted by Crippen LogP contribution is -2.37. The molecule has 1 saturated heterocycles. The predicted octanol–water partition coefficient (Wildman–Crippen LogP) is 4.15. The third-order valence-electron chi connectivity index (χ3n) is 6.47. The number of sulfonamides is 1. The third-order valence-corrected chi connectivity index (χ3v) is 7.38. The molecular weight excluding hydrogens is 498 g/mol. The average molecular weight is 526 g/mol. The summed E-state index contributed by atoms with van der Waals surface area (Å²) < 4.78 is 23.5. The van der Waals surface area contributed by atoms with Gasteiger partial charge in [-0.1, -0.05) is 42.5 Å². The van der Waals surface area contributed by atoms with Gasteiger partial charge in [-0.25, -0.2) is 13.6 Å². The summed E-state index contributed by atoms with van der Waals surface area (Å²) in [6.45, 7) is 2.68. The molecule has 1 aliphatic heterocycles. The van der Waals surface area contributed by atoms with Crippen molar-refractivity contribution in [2.75, 3.05) is 18.4 Å². The topological polar surface area (TPSA) is 121 Å². The lowest BCUT2D eigenvalue weighted by atomic mass is 9.95. The van der Waals surface area contributed by atoms with E-state index in [9.17, 15) is 13.2 Å². The van der Waals surface area contributed by atoms with Crippen molar-refractivity contribution in [2.45, 2.75) is 24.3 Å². The zero-order valence-corrected chi connectivity index (χ0v) is 21.2. The Labute approximate surface area is 216 Å². The monoisotopic (exact) mass is 525 g/mol. The van der Waals surface area contributed by atoms with E-state index in [0.29, 0.717) is 16.9 Å². The molecule has 10 heteroatoms. The summed E-state index contributed by atoms with van der Waals surface area (Å²) in [6, 6.07) is 22.3. The van der Waals surface area contributed by atoms with Gasteiger partial charge in [-0.15, -0.1) is 12.4 Å². The van der Waals surface area contributed by atoms with Crippen LogP contribution in [-0.4, -0.2) is 42.5 Å². The summed E-state index contributed by atoms with van der Waals surface area (Å²) in [4.78, 5) is 15.4. The number of nitrogens with two attached hydrogens (primary N) is 1. The van der Waals surface area contributed by atoms with Gasteiger partial charge in [-0.05, 0) is 61.8 Å². The van der Waals surface area contributed by atoms with Crippen LogP contribution in [0.15, 0.2) is 77.7 Å². The van der Waals surface area contributed by atoms with Crippen molar-refractivity contribution in [3.8, 4) is 11.3 Å². The molecule has 0 radical (unpaired) electrons. The second kappa shape index (κ2) is 10.8. The summed E-state index contributed by atoms with van der Waals surface area (Å²) >= 11 is 0. The molecule has 1 fully saturated rings. The number of benzene rings is 3. The van der Waals surface area contributed by atoms with Crippen LogP contribution in [0, 0.1) is 5.92 Å². The molecular formula is C26H28ClN5O3S. The highest BCUT2D eigenvalue weighted by Gasteiger charge is 2.25. The molecule has 5 rings (SSSR count). The van der Waals surface area contributed by atoms with Crippen molar-refractivity contribution in [3.63, 3.8) is 0 Å². The molecule has 0 saturated carbocycles. The van der Waals surface area contributed by atoms with Gasteiger partial charge in [0.15, 0.2) is 0 Å². The van der Waals surface area contributed by atoms with Gasteiger partial charge < -0.3 is 5.32 Å². The summed E-state index contributed by atoms with van der Waals surface area (Å²) in [5.74, 6) is -0.0158. The first-order chi connectivity index (χ1) is 16.9. The molecule has 1 amide bonds. The Kier molecular flexibility index (Phi) is 7.75. The number of amides is 1. The van der Waals surface area contributed by atoms with Crippen LogP contribution in [0.25, 0.3) is 22.2 Å². The number of nitrogens with zero attached hydrogens (tertiary/aromatic N) is 2. The maximum absolute atomic E-state index is 13.0. The first kappa shape index (κ1) is 25.8. The van der Waals surface area contributed by atoms with Gasteiger partial charge in [0.05, 0.1) is 10.4 Å². The number of piperidine rings is 1. The van der Waals surface area contributed by atoms with E-state index in [1.54, 1.807) is 12.1 Å². The minimum absolute atomic E-state index is 0. The van der Waals surface area contributed by atoms with Crippen LogP contribution in [0.1, 0.15) is 18.4 Å². The van der Waals surface area contributed by atoms with Crippen LogP contribution in [0.3, 0.4) is 0 Å². The van der Waals surface area contributed by atoms with Gasteiger partial charge in [0.2, 0.25) is 15.9 Å². The average Bonchev–Trinajstić information content (AvgIpc) is 3.28. The molecule has 4 aromatic rings. The van der Waals surface area contributed by atoms with Crippen molar-refractivity contribution >= 4 is 44.9 Å². The third kappa shape index (κ3) is 5.76. The number of nitrogens with one attached hydrogen (secondary N) is 2. The molecule has 1 aliphatic rings. The molecule has 0 aliphatic carbocycles. The van der Waals surface area contributed by atoms with Gasteiger partial charge in [0, 0.05) is 29.1 Å². The Morgan fingerprint density at radius 2 is 1.78 bits per heavy atom. The van der Waals surface area contributed by atoms with E-state index in [0.717, 1.165) is 43.4 Å². The molecule has 0 atom stereocenters.